The highest BCUT2D eigenvalue weighted by atomic mass is 16.5. The van der Waals surface area contributed by atoms with Gasteiger partial charge in [0.15, 0.2) is 0 Å². The second kappa shape index (κ2) is 4.41. The average Bonchev–Trinajstić information content (AvgIpc) is 2.37. The van der Waals surface area contributed by atoms with Crippen molar-refractivity contribution in [2.24, 2.45) is 0 Å². The van der Waals surface area contributed by atoms with Gasteiger partial charge < -0.3 is 10.1 Å². The molecule has 0 saturated heterocycles. The third-order valence-corrected chi connectivity index (χ3v) is 2.71. The summed E-state index contributed by atoms with van der Waals surface area (Å²) in [6.07, 6.45) is 0. The first-order valence-corrected chi connectivity index (χ1v) is 5.32. The Labute approximate surface area is 98.5 Å². The summed E-state index contributed by atoms with van der Waals surface area (Å²) in [6, 6.07) is 8.84. The van der Waals surface area contributed by atoms with Crippen molar-refractivity contribution in [1.82, 2.24) is 0 Å². The first-order valence-electron chi connectivity index (χ1n) is 5.32. The van der Waals surface area contributed by atoms with Crippen molar-refractivity contribution in [3.05, 3.63) is 56.3 Å². The number of anilines is 1. The molecule has 0 radical (unpaired) electrons. The van der Waals surface area contributed by atoms with Crippen LogP contribution in [0.4, 0.5) is 5.69 Å². The minimum atomic E-state index is -0.445. The summed E-state index contributed by atoms with van der Waals surface area (Å²) in [6.45, 7) is 1.92. The van der Waals surface area contributed by atoms with E-state index >= 15 is 0 Å². The molecule has 0 aliphatic rings. The lowest BCUT2D eigenvalue weighted by Gasteiger charge is -2.16. The molecule has 0 heterocycles. The van der Waals surface area contributed by atoms with Gasteiger partial charge in [-0.2, -0.15) is 0 Å². The maximum Gasteiger partial charge on any atom is 0.248 e. The van der Waals surface area contributed by atoms with E-state index in [0.717, 1.165) is 11.3 Å². The summed E-state index contributed by atoms with van der Waals surface area (Å²) in [5.41, 5.74) is 0.493. The van der Waals surface area contributed by atoms with Crippen LogP contribution >= 0.6 is 0 Å². The van der Waals surface area contributed by atoms with Crippen LogP contribution in [-0.4, -0.2) is 7.11 Å². The smallest absolute Gasteiger partial charge is 0.248 e. The summed E-state index contributed by atoms with van der Waals surface area (Å²) in [7, 11) is 1.61. The van der Waals surface area contributed by atoms with Gasteiger partial charge in [-0.3, -0.25) is 9.59 Å². The van der Waals surface area contributed by atoms with Crippen molar-refractivity contribution in [3.8, 4) is 5.75 Å². The summed E-state index contributed by atoms with van der Waals surface area (Å²) in [5.74, 6) is 0.765. The van der Waals surface area contributed by atoms with Crippen LogP contribution in [0.1, 0.15) is 18.5 Å². The first kappa shape index (κ1) is 11.4. The third kappa shape index (κ3) is 2.20. The van der Waals surface area contributed by atoms with E-state index in [9.17, 15) is 9.59 Å². The van der Waals surface area contributed by atoms with Crippen molar-refractivity contribution in [1.29, 1.82) is 0 Å². The lowest BCUT2D eigenvalue weighted by molar-refractivity contribution is 0.414. The summed E-state index contributed by atoms with van der Waals surface area (Å²) >= 11 is 0. The van der Waals surface area contributed by atoms with E-state index in [1.165, 1.54) is 6.07 Å². The van der Waals surface area contributed by atoms with E-state index in [1.807, 2.05) is 31.2 Å². The molecule has 17 heavy (non-hydrogen) atoms. The van der Waals surface area contributed by atoms with Crippen molar-refractivity contribution in [3.63, 3.8) is 0 Å². The van der Waals surface area contributed by atoms with Crippen LogP contribution in [0.25, 0.3) is 0 Å². The van der Waals surface area contributed by atoms with Crippen LogP contribution in [0.5, 0.6) is 5.75 Å². The van der Waals surface area contributed by atoms with Gasteiger partial charge in [-0.15, -0.1) is 0 Å². The largest absolute Gasteiger partial charge is 0.497 e. The van der Waals surface area contributed by atoms with E-state index in [1.54, 1.807) is 7.11 Å². The average molecular weight is 231 g/mol. The lowest BCUT2D eigenvalue weighted by Crippen LogP contribution is -2.33. The predicted molar refractivity (Wildman–Crippen MR) is 66.4 cm³/mol. The molecule has 2 rings (SSSR count). The molecule has 0 saturated carbocycles. The Hall–Kier alpha value is -2.10. The Kier molecular flexibility index (Phi) is 2.95. The van der Waals surface area contributed by atoms with Crippen LogP contribution in [0.15, 0.2) is 39.9 Å². The molecule has 4 heteroatoms. The third-order valence-electron chi connectivity index (χ3n) is 2.71. The molecule has 0 aliphatic heterocycles. The molecular weight excluding hydrogens is 218 g/mol. The fourth-order valence-electron chi connectivity index (χ4n) is 1.65. The van der Waals surface area contributed by atoms with E-state index in [-0.39, 0.29) is 6.04 Å². The molecule has 88 valence electrons. The van der Waals surface area contributed by atoms with Gasteiger partial charge in [0.1, 0.15) is 5.75 Å². The highest BCUT2D eigenvalue weighted by Gasteiger charge is 2.13. The highest BCUT2D eigenvalue weighted by molar-refractivity contribution is 5.49. The summed E-state index contributed by atoms with van der Waals surface area (Å²) < 4.78 is 5.13. The molecule has 1 atom stereocenters. The number of hydrogen-bond acceptors (Lipinski definition) is 4. The second-order valence-corrected chi connectivity index (χ2v) is 3.89. The molecule has 0 amide bonds. The Morgan fingerprint density at radius 1 is 1.24 bits per heavy atom. The van der Waals surface area contributed by atoms with Gasteiger partial charge >= 0.3 is 0 Å². The molecule has 2 aromatic rings. The topological polar surface area (TPSA) is 55.4 Å². The van der Waals surface area contributed by atoms with E-state index < -0.39 is 10.9 Å². The number of methoxy groups -OCH3 is 1. The van der Waals surface area contributed by atoms with Crippen LogP contribution in [0, 0.1) is 0 Å². The fourth-order valence-corrected chi connectivity index (χ4v) is 1.65. The Morgan fingerprint density at radius 2 is 2.00 bits per heavy atom. The van der Waals surface area contributed by atoms with E-state index in [4.69, 9.17) is 4.74 Å². The zero-order valence-electron chi connectivity index (χ0n) is 9.69. The van der Waals surface area contributed by atoms with Crippen molar-refractivity contribution >= 4 is 5.69 Å². The molecule has 0 aromatic heterocycles. The van der Waals surface area contributed by atoms with E-state index in [2.05, 4.69) is 5.32 Å². The molecule has 0 aliphatic carbocycles. The second-order valence-electron chi connectivity index (χ2n) is 3.89. The van der Waals surface area contributed by atoms with Crippen LogP contribution in [-0.2, 0) is 0 Å². The zero-order valence-corrected chi connectivity index (χ0v) is 9.69. The molecular formula is C13H13NO3. The molecule has 0 fully saturated rings. The Morgan fingerprint density at radius 3 is 2.59 bits per heavy atom. The van der Waals surface area contributed by atoms with Gasteiger partial charge in [0.2, 0.25) is 10.9 Å². The number of ether oxygens (including phenoxy) is 1. The Balaban J connectivity index is 2.15. The SMILES string of the molecule is COc1cccc(C(C)Nc2cc(=O)c2=O)c1. The van der Waals surface area contributed by atoms with Crippen LogP contribution in [0.3, 0.4) is 0 Å². The molecule has 1 unspecified atom stereocenters. The molecule has 1 N–H and O–H groups in total. The predicted octanol–water partition coefficient (Wildman–Crippen LogP) is 1.46. The van der Waals surface area contributed by atoms with Gasteiger partial charge in [-0.1, -0.05) is 12.1 Å². The molecule has 0 spiro atoms. The van der Waals surface area contributed by atoms with Crippen LogP contribution < -0.4 is 20.9 Å². The lowest BCUT2D eigenvalue weighted by atomic mass is 10.1. The number of rotatable bonds is 4. The Bertz CT molecular complexity index is 596. The molecule has 4 nitrogen and oxygen atoms in total. The van der Waals surface area contributed by atoms with Crippen molar-refractivity contribution < 1.29 is 4.74 Å². The van der Waals surface area contributed by atoms with Crippen molar-refractivity contribution in [2.75, 3.05) is 12.4 Å². The maximum atomic E-state index is 11.1. The maximum absolute atomic E-state index is 11.1. The molecule has 2 aromatic carbocycles. The van der Waals surface area contributed by atoms with Gasteiger partial charge in [-0.25, -0.2) is 0 Å². The number of benzene rings is 1. The molecule has 0 bridgehead atoms. The fraction of sp³-hybridized carbons (Fsp3) is 0.231. The van der Waals surface area contributed by atoms with Gasteiger partial charge in [-0.05, 0) is 24.6 Å². The quantitative estimate of drug-likeness (QED) is 0.809. The minimum Gasteiger partial charge on any atom is -0.497 e. The monoisotopic (exact) mass is 231 g/mol. The van der Waals surface area contributed by atoms with Gasteiger partial charge in [0, 0.05) is 12.1 Å². The van der Waals surface area contributed by atoms with Crippen molar-refractivity contribution in [2.45, 2.75) is 13.0 Å². The van der Waals surface area contributed by atoms with Gasteiger partial charge in [0.05, 0.1) is 12.8 Å². The van der Waals surface area contributed by atoms with E-state index in [0.29, 0.717) is 5.69 Å². The normalized spacial score (nSPS) is 12.4. The minimum absolute atomic E-state index is 0.0478. The highest BCUT2D eigenvalue weighted by Crippen LogP contribution is 2.21. The zero-order chi connectivity index (χ0) is 12.4. The summed E-state index contributed by atoms with van der Waals surface area (Å²) in [5, 5.41) is 3.00. The van der Waals surface area contributed by atoms with Crippen LogP contribution in [0.2, 0.25) is 0 Å². The number of nitrogens with one attached hydrogen (secondary N) is 1. The van der Waals surface area contributed by atoms with Gasteiger partial charge in [0.25, 0.3) is 0 Å². The first-order chi connectivity index (χ1) is 8.11. The summed E-state index contributed by atoms with van der Waals surface area (Å²) in [4.78, 5) is 21.9. The standard InChI is InChI=1S/C13H13NO3/c1-8(14-11-7-12(15)13(11)16)9-4-3-5-10(6-9)17-2/h3-8,14H,1-2H3. The number of hydrogen-bond donors (Lipinski definition) is 1.